The number of piperidine rings is 4. The summed E-state index contributed by atoms with van der Waals surface area (Å²) in [4.78, 5) is 52.2. The average molecular weight is 686 g/mol. The number of hydrogen-bond donors (Lipinski definition) is 3. The number of hydrogen-bond acceptors (Lipinski definition) is 7. The van der Waals surface area contributed by atoms with Crippen molar-refractivity contribution in [1.29, 1.82) is 0 Å². The molecule has 258 valence electrons. The van der Waals surface area contributed by atoms with Gasteiger partial charge in [0.25, 0.3) is 0 Å². The van der Waals surface area contributed by atoms with E-state index in [-0.39, 0.29) is 30.1 Å². The predicted molar refractivity (Wildman–Crippen MR) is 189 cm³/mol. The number of nitrogens with one attached hydrogen (secondary N) is 2. The second kappa shape index (κ2) is 14.3. The van der Waals surface area contributed by atoms with Gasteiger partial charge in [-0.2, -0.15) is 0 Å². The van der Waals surface area contributed by atoms with Crippen LogP contribution < -0.4 is 16.7 Å². The third-order valence-corrected chi connectivity index (χ3v) is 11.2. The number of likely N-dealkylation sites (tertiary alicyclic amines) is 1. The van der Waals surface area contributed by atoms with E-state index in [0.717, 1.165) is 36.7 Å². The molecule has 3 amide bonds. The van der Waals surface area contributed by atoms with Gasteiger partial charge in [-0.15, -0.1) is 11.5 Å². The van der Waals surface area contributed by atoms with Crippen molar-refractivity contribution in [2.45, 2.75) is 50.2 Å². The number of terminal acetylenes is 1. The minimum atomic E-state index is -0.818. The number of fused-ring (bicyclic) bond motifs is 3. The van der Waals surface area contributed by atoms with Gasteiger partial charge in [0.05, 0.1) is 16.8 Å². The zero-order valence-corrected chi connectivity index (χ0v) is 28.4. The van der Waals surface area contributed by atoms with E-state index in [1.807, 2.05) is 35.2 Å². The van der Waals surface area contributed by atoms with Crippen LogP contribution >= 0.6 is 11.6 Å². The summed E-state index contributed by atoms with van der Waals surface area (Å²) in [7, 11) is 0. The van der Waals surface area contributed by atoms with E-state index in [0.29, 0.717) is 67.2 Å². The molecule has 6 heterocycles. The minimum Gasteiger partial charge on any atom is -0.397 e. The Hall–Kier alpha value is -4.31. The maximum Gasteiger partial charge on any atom is 0.343 e. The number of carbonyl (C=O) groups is 2. The molecule has 8 rings (SSSR count). The first-order chi connectivity index (χ1) is 23.8. The molecule has 2 atom stereocenters. The summed E-state index contributed by atoms with van der Waals surface area (Å²) in [5, 5.41) is 7.93. The summed E-state index contributed by atoms with van der Waals surface area (Å²) in [6, 6.07) is 12.3. The highest BCUT2D eigenvalue weighted by atomic mass is 35.5. The Balaban J connectivity index is 1.02. The number of nitrogen functional groups attached to an aromatic ring is 1. The number of rotatable bonds is 7. The van der Waals surface area contributed by atoms with Gasteiger partial charge in [-0.05, 0) is 62.4 Å². The van der Waals surface area contributed by atoms with Crippen LogP contribution in [0.5, 0.6) is 0 Å². The Morgan fingerprint density at radius 3 is 2.37 bits per heavy atom. The summed E-state index contributed by atoms with van der Waals surface area (Å²) in [6.45, 7) is 7.23. The van der Waals surface area contributed by atoms with Crippen molar-refractivity contribution in [2.24, 2.45) is 5.92 Å². The zero-order valence-electron chi connectivity index (χ0n) is 27.7. The molecule has 1 aromatic heterocycles. The first-order valence-electron chi connectivity index (χ1n) is 17.4. The number of aromatic nitrogens is 3. The Bertz CT molecular complexity index is 1760. The Labute approximate surface area is 291 Å². The lowest BCUT2D eigenvalue weighted by atomic mass is 9.83. The van der Waals surface area contributed by atoms with Crippen molar-refractivity contribution in [3.63, 3.8) is 0 Å². The summed E-state index contributed by atoms with van der Waals surface area (Å²) in [5.74, 6) is 3.71. The number of carbonyl (C=O) groups excluding carboxylic acids is 2. The molecular weight excluding hydrogens is 642 g/mol. The first kappa shape index (κ1) is 33.2. The monoisotopic (exact) mass is 685 g/mol. The molecule has 0 radical (unpaired) electrons. The van der Waals surface area contributed by atoms with Crippen LogP contribution in [-0.4, -0.2) is 117 Å². The van der Waals surface area contributed by atoms with Gasteiger partial charge < -0.3 is 25.8 Å². The zero-order chi connectivity index (χ0) is 34.1. The molecule has 2 bridgehead atoms. The number of anilines is 1. The highest BCUT2D eigenvalue weighted by Gasteiger charge is 2.39. The molecule has 12 nitrogen and oxygen atoms in total. The SMILES string of the molecule is C#Cc1cc(C[C@@H](NC(=O)N2CCC(n3nc(-c4ccccc4)[nH]c3=O)CC2)C(=O)N2CCN(C3CN4CCC3CC4)CC2)cc(Cl)c1N. The fourth-order valence-corrected chi connectivity index (χ4v) is 8.29. The quantitative estimate of drug-likeness (QED) is 0.257. The second-order valence-corrected chi connectivity index (χ2v) is 14.2. The largest absolute Gasteiger partial charge is 0.397 e. The molecule has 5 fully saturated rings. The van der Waals surface area contributed by atoms with Gasteiger partial charge in [-0.25, -0.2) is 14.3 Å². The van der Waals surface area contributed by atoms with Crippen molar-refractivity contribution in [3.05, 3.63) is 69.1 Å². The van der Waals surface area contributed by atoms with Crippen LogP contribution in [-0.2, 0) is 11.2 Å². The lowest BCUT2D eigenvalue weighted by Crippen LogP contribution is -2.63. The number of aromatic amines is 1. The van der Waals surface area contributed by atoms with E-state index in [9.17, 15) is 14.4 Å². The topological polar surface area (TPSA) is 136 Å². The average Bonchev–Trinajstić information content (AvgIpc) is 3.54. The highest BCUT2D eigenvalue weighted by Crippen LogP contribution is 2.32. The fourth-order valence-electron chi connectivity index (χ4n) is 8.05. The molecule has 49 heavy (non-hydrogen) atoms. The van der Waals surface area contributed by atoms with E-state index >= 15 is 0 Å². The van der Waals surface area contributed by atoms with Crippen molar-refractivity contribution < 1.29 is 9.59 Å². The highest BCUT2D eigenvalue weighted by molar-refractivity contribution is 6.33. The van der Waals surface area contributed by atoms with Crippen LogP contribution in [0.1, 0.15) is 42.9 Å². The predicted octanol–water partition coefficient (Wildman–Crippen LogP) is 2.65. The number of urea groups is 1. The molecule has 0 saturated carbocycles. The normalized spacial score (nSPS) is 23.6. The molecule has 5 aliphatic rings. The summed E-state index contributed by atoms with van der Waals surface area (Å²) in [5.41, 5.74) is 8.14. The van der Waals surface area contributed by atoms with Gasteiger partial charge in [-0.3, -0.25) is 14.7 Å². The molecule has 3 aromatic rings. The minimum absolute atomic E-state index is 0.122. The van der Waals surface area contributed by atoms with Crippen LogP contribution in [0.15, 0.2) is 47.3 Å². The molecule has 2 aromatic carbocycles. The van der Waals surface area contributed by atoms with Crippen LogP contribution in [0.25, 0.3) is 11.4 Å². The Morgan fingerprint density at radius 2 is 1.71 bits per heavy atom. The van der Waals surface area contributed by atoms with Gasteiger partial charge in [-0.1, -0.05) is 47.9 Å². The van der Waals surface area contributed by atoms with Crippen LogP contribution in [0.4, 0.5) is 10.5 Å². The Kier molecular flexibility index (Phi) is 9.67. The first-order valence-corrected chi connectivity index (χ1v) is 17.7. The van der Waals surface area contributed by atoms with Gasteiger partial charge in [0.15, 0.2) is 5.82 Å². The van der Waals surface area contributed by atoms with Gasteiger partial charge in [0.2, 0.25) is 5.91 Å². The van der Waals surface area contributed by atoms with Crippen molar-refractivity contribution in [3.8, 4) is 23.7 Å². The maximum atomic E-state index is 14.1. The number of nitrogens with zero attached hydrogens (tertiary/aromatic N) is 6. The van der Waals surface area contributed by atoms with Gasteiger partial charge in [0.1, 0.15) is 6.04 Å². The van der Waals surface area contributed by atoms with E-state index < -0.39 is 6.04 Å². The summed E-state index contributed by atoms with van der Waals surface area (Å²) in [6.07, 6.45) is 9.55. The maximum absolute atomic E-state index is 14.1. The molecule has 1 unspecified atom stereocenters. The second-order valence-electron chi connectivity index (χ2n) is 13.8. The lowest BCUT2D eigenvalue weighted by molar-refractivity contribution is -0.136. The smallest absolute Gasteiger partial charge is 0.343 e. The van der Waals surface area contributed by atoms with Gasteiger partial charge in [0, 0.05) is 69.4 Å². The number of benzene rings is 2. The van der Waals surface area contributed by atoms with E-state index in [4.69, 9.17) is 23.8 Å². The van der Waals surface area contributed by atoms with Crippen molar-refractivity contribution in [1.82, 2.24) is 39.7 Å². The molecule has 0 aliphatic carbocycles. The van der Waals surface area contributed by atoms with Crippen LogP contribution in [0.2, 0.25) is 5.02 Å². The summed E-state index contributed by atoms with van der Waals surface area (Å²) < 4.78 is 1.49. The molecule has 13 heteroatoms. The molecule has 5 aliphatic heterocycles. The molecule has 0 spiro atoms. The molecule has 5 saturated heterocycles. The third-order valence-electron chi connectivity index (χ3n) is 10.9. The van der Waals surface area contributed by atoms with Gasteiger partial charge >= 0.3 is 11.7 Å². The van der Waals surface area contributed by atoms with E-state index in [2.05, 4.69) is 31.1 Å². The fraction of sp³-hybridized carbons (Fsp3) is 0.500. The third kappa shape index (κ3) is 7.06. The van der Waals surface area contributed by atoms with Crippen LogP contribution in [0, 0.1) is 18.3 Å². The number of halogens is 1. The number of amides is 3. The molecule has 4 N–H and O–H groups in total. The lowest BCUT2D eigenvalue weighted by Gasteiger charge is -2.51. The van der Waals surface area contributed by atoms with Crippen molar-refractivity contribution in [2.75, 3.05) is 64.6 Å². The Morgan fingerprint density at radius 1 is 1.00 bits per heavy atom. The number of nitrogens with two attached hydrogens (primary N) is 1. The number of H-pyrrole nitrogens is 1. The van der Waals surface area contributed by atoms with E-state index in [1.165, 1.54) is 30.6 Å². The number of piperazine rings is 1. The van der Waals surface area contributed by atoms with E-state index in [1.54, 1.807) is 17.0 Å². The summed E-state index contributed by atoms with van der Waals surface area (Å²) >= 11 is 6.41. The van der Waals surface area contributed by atoms with Crippen molar-refractivity contribution >= 4 is 29.2 Å². The van der Waals surface area contributed by atoms with Crippen LogP contribution in [0.3, 0.4) is 0 Å². The molecular formula is C36H44ClN9O3. The standard InChI is InChI=1S/C36H44ClN9O3/c1-2-25-20-24(21-29(37)32(25)38)22-30(34(47)44-18-16-43(17-19-44)31-23-42-12-8-26(31)9-13-42)39-35(48)45-14-10-28(11-15-45)46-36(49)40-33(41-46)27-6-4-3-5-7-27/h1,3-7,20-21,26,28,30-31H,8-19,22-23,38H2,(H,39,48)(H,40,41,49)/t30-,31?/m1/s1.